The SMILES string of the molecule is CC1(C)c2cc3c(cc2-c2cc4c(cc21)-c1c(cc(-c2cccc5c2Cc2c(F)cccc2-5)c2ccccc12)C4(C)C)C(C)(C)c1cc(-c2cccc4c2Cc2c(F)cccc2-4)c2ccccc2c1-3. The molecule has 0 unspecified atom stereocenters. The third-order valence-corrected chi connectivity index (χ3v) is 17.7. The molecule has 0 spiro atoms. The Bertz CT molecular complexity index is 3800. The molecule has 5 aliphatic rings. The van der Waals surface area contributed by atoms with Crippen LogP contribution in [-0.2, 0) is 29.1 Å². The number of hydrogen-bond donors (Lipinski definition) is 0. The lowest BCUT2D eigenvalue weighted by Crippen LogP contribution is -2.17. The zero-order valence-electron chi connectivity index (χ0n) is 39.7. The van der Waals surface area contributed by atoms with Gasteiger partial charge in [-0.3, -0.25) is 0 Å². The highest BCUT2D eigenvalue weighted by Crippen LogP contribution is 2.62. The molecule has 330 valence electrons. The first kappa shape index (κ1) is 39.6. The maximum absolute atomic E-state index is 15.3. The summed E-state index contributed by atoms with van der Waals surface area (Å²) in [6.07, 6.45) is 1.19. The van der Waals surface area contributed by atoms with Crippen LogP contribution in [0, 0.1) is 11.6 Å². The minimum absolute atomic E-state index is 0.124. The summed E-state index contributed by atoms with van der Waals surface area (Å²) in [5.41, 5.74) is 28.6. The summed E-state index contributed by atoms with van der Waals surface area (Å²) < 4.78 is 30.6. The molecule has 0 saturated heterocycles. The van der Waals surface area contributed by atoms with Crippen LogP contribution in [0.2, 0.25) is 0 Å². The second kappa shape index (κ2) is 13.0. The quantitative estimate of drug-likeness (QED) is 0.162. The van der Waals surface area contributed by atoms with Gasteiger partial charge in [0, 0.05) is 40.2 Å². The third kappa shape index (κ3) is 4.87. The van der Waals surface area contributed by atoms with E-state index in [1.165, 1.54) is 122 Å². The highest BCUT2D eigenvalue weighted by molar-refractivity contribution is 6.12. The molecule has 0 bridgehead atoms. The van der Waals surface area contributed by atoms with Gasteiger partial charge in [-0.25, -0.2) is 8.78 Å². The summed E-state index contributed by atoms with van der Waals surface area (Å²) in [5, 5.41) is 5.00. The average Bonchev–Trinajstić information content (AvgIpc) is 4.10. The zero-order chi connectivity index (χ0) is 46.6. The Hall–Kier alpha value is -7.42. The van der Waals surface area contributed by atoms with Crippen LogP contribution in [0.1, 0.15) is 97.2 Å². The molecule has 10 aromatic carbocycles. The first-order chi connectivity index (χ1) is 33.3. The fraction of sp³-hybridized carbons (Fsp3) is 0.164. The van der Waals surface area contributed by atoms with Crippen LogP contribution < -0.4 is 0 Å². The van der Waals surface area contributed by atoms with E-state index in [0.717, 1.165) is 33.4 Å². The van der Waals surface area contributed by atoms with Crippen LogP contribution in [0.5, 0.6) is 0 Å². The van der Waals surface area contributed by atoms with E-state index < -0.39 is 0 Å². The molecular formula is C67H48F2. The van der Waals surface area contributed by atoms with E-state index in [2.05, 4.69) is 175 Å². The highest BCUT2D eigenvalue weighted by atomic mass is 19.1. The van der Waals surface area contributed by atoms with Crippen LogP contribution in [0.3, 0.4) is 0 Å². The van der Waals surface area contributed by atoms with Crippen molar-refractivity contribution in [3.63, 3.8) is 0 Å². The Balaban J connectivity index is 0.889. The minimum Gasteiger partial charge on any atom is -0.207 e. The third-order valence-electron chi connectivity index (χ3n) is 17.7. The van der Waals surface area contributed by atoms with E-state index in [0.29, 0.717) is 12.8 Å². The average molecular weight is 891 g/mol. The van der Waals surface area contributed by atoms with Crippen molar-refractivity contribution in [2.24, 2.45) is 0 Å². The summed E-state index contributed by atoms with van der Waals surface area (Å²) in [7, 11) is 0. The van der Waals surface area contributed by atoms with Crippen molar-refractivity contribution in [1.29, 1.82) is 0 Å². The van der Waals surface area contributed by atoms with Crippen molar-refractivity contribution >= 4 is 21.5 Å². The first-order valence-corrected chi connectivity index (χ1v) is 24.6. The Morgan fingerprint density at radius 1 is 0.275 bits per heavy atom. The van der Waals surface area contributed by atoms with Gasteiger partial charge in [0.2, 0.25) is 0 Å². The topological polar surface area (TPSA) is 0 Å². The Morgan fingerprint density at radius 3 is 0.971 bits per heavy atom. The van der Waals surface area contributed by atoms with E-state index in [4.69, 9.17) is 0 Å². The van der Waals surface area contributed by atoms with Crippen molar-refractivity contribution in [3.8, 4) is 77.9 Å². The number of benzene rings is 10. The molecule has 0 heterocycles. The van der Waals surface area contributed by atoms with Crippen LogP contribution >= 0.6 is 0 Å². The molecule has 5 aliphatic carbocycles. The molecule has 0 nitrogen and oxygen atoms in total. The number of rotatable bonds is 2. The van der Waals surface area contributed by atoms with Crippen LogP contribution in [-0.4, -0.2) is 0 Å². The van der Waals surface area contributed by atoms with Crippen molar-refractivity contribution in [3.05, 3.63) is 225 Å². The molecule has 0 fully saturated rings. The summed E-state index contributed by atoms with van der Waals surface area (Å²) in [4.78, 5) is 0. The van der Waals surface area contributed by atoms with Crippen LogP contribution in [0.25, 0.3) is 99.4 Å². The van der Waals surface area contributed by atoms with E-state index in [-0.39, 0.29) is 27.9 Å². The molecule has 2 heteroatoms. The fourth-order valence-corrected chi connectivity index (χ4v) is 14.2. The second-order valence-electron chi connectivity index (χ2n) is 22.1. The summed E-state index contributed by atoms with van der Waals surface area (Å²) in [5.74, 6) is -0.249. The minimum atomic E-state index is -0.273. The van der Waals surface area contributed by atoms with Crippen molar-refractivity contribution < 1.29 is 8.78 Å². The summed E-state index contributed by atoms with van der Waals surface area (Å²) in [6.45, 7) is 14.5. The Labute approximate surface area is 402 Å². The summed E-state index contributed by atoms with van der Waals surface area (Å²) in [6, 6.07) is 57.2. The van der Waals surface area contributed by atoms with Gasteiger partial charge < -0.3 is 0 Å². The number of fused-ring (bicyclic) bond motifs is 19. The molecule has 0 saturated carbocycles. The maximum atomic E-state index is 15.3. The van der Waals surface area contributed by atoms with Gasteiger partial charge >= 0.3 is 0 Å². The first-order valence-electron chi connectivity index (χ1n) is 24.6. The van der Waals surface area contributed by atoms with Crippen LogP contribution in [0.15, 0.2) is 158 Å². The fourth-order valence-electron chi connectivity index (χ4n) is 14.2. The number of hydrogen-bond acceptors (Lipinski definition) is 0. The summed E-state index contributed by atoms with van der Waals surface area (Å²) >= 11 is 0. The van der Waals surface area contributed by atoms with Gasteiger partial charge in [-0.05, 0) is 192 Å². The van der Waals surface area contributed by atoms with Gasteiger partial charge in [-0.2, -0.15) is 0 Å². The molecule has 0 aromatic heterocycles. The monoisotopic (exact) mass is 890 g/mol. The highest BCUT2D eigenvalue weighted by Gasteiger charge is 2.46. The van der Waals surface area contributed by atoms with Gasteiger partial charge in [-0.15, -0.1) is 0 Å². The van der Waals surface area contributed by atoms with E-state index in [1.807, 2.05) is 12.1 Å². The molecule has 0 atom stereocenters. The molecule has 0 aliphatic heterocycles. The van der Waals surface area contributed by atoms with E-state index in [1.54, 1.807) is 12.1 Å². The molecule has 15 rings (SSSR count). The predicted molar refractivity (Wildman–Crippen MR) is 281 cm³/mol. The molecule has 0 amide bonds. The largest absolute Gasteiger partial charge is 0.207 e. The van der Waals surface area contributed by atoms with Gasteiger partial charge in [-0.1, -0.05) is 151 Å². The number of halogens is 2. The second-order valence-corrected chi connectivity index (χ2v) is 22.1. The lowest BCUT2D eigenvalue weighted by Gasteiger charge is -2.25. The Kier molecular flexibility index (Phi) is 7.46. The van der Waals surface area contributed by atoms with Crippen LogP contribution in [0.4, 0.5) is 8.78 Å². The zero-order valence-corrected chi connectivity index (χ0v) is 39.7. The van der Waals surface area contributed by atoms with E-state index >= 15 is 8.78 Å². The van der Waals surface area contributed by atoms with Gasteiger partial charge in [0.05, 0.1) is 0 Å². The normalized spacial score (nSPS) is 16.1. The van der Waals surface area contributed by atoms with Gasteiger partial charge in [0.15, 0.2) is 0 Å². The predicted octanol–water partition coefficient (Wildman–Crippen LogP) is 17.7. The van der Waals surface area contributed by atoms with Crippen molar-refractivity contribution in [2.45, 2.75) is 70.6 Å². The lowest BCUT2D eigenvalue weighted by molar-refractivity contribution is 0.616. The van der Waals surface area contributed by atoms with Gasteiger partial charge in [0.1, 0.15) is 11.6 Å². The molecule has 0 N–H and O–H groups in total. The molecular weight excluding hydrogens is 843 g/mol. The maximum Gasteiger partial charge on any atom is 0.127 e. The van der Waals surface area contributed by atoms with Gasteiger partial charge in [0.25, 0.3) is 0 Å². The van der Waals surface area contributed by atoms with E-state index in [9.17, 15) is 0 Å². The molecule has 0 radical (unpaired) electrons. The Morgan fingerprint density at radius 2 is 0.565 bits per heavy atom. The van der Waals surface area contributed by atoms with Crippen molar-refractivity contribution in [1.82, 2.24) is 0 Å². The van der Waals surface area contributed by atoms with Crippen molar-refractivity contribution in [2.75, 3.05) is 0 Å². The molecule has 69 heavy (non-hydrogen) atoms. The lowest BCUT2D eigenvalue weighted by atomic mass is 9.78. The molecule has 10 aromatic rings. The standard InChI is InChI=1S/C67H48F2/c1-65(2)55-33-53-57(66(3,4)59-29-47(39-15-7-9-17-43(39)63(53)59)41-21-11-19-35-37-23-13-25-61(68)51(37)27-45(35)41)31-49(55)50-32-58-54(34-56(50)65)64-44-18-10-8-16-40(44)48(30-60(64)67(58,5)6)42-22-12-20-36-38-24-14-26-62(69)52(38)28-46(36)42/h7-26,29-34H,27-28H2,1-6H3. The smallest absolute Gasteiger partial charge is 0.127 e.